The third-order valence-electron chi connectivity index (χ3n) is 5.15. The summed E-state index contributed by atoms with van der Waals surface area (Å²) in [5.74, 6) is 1.39. The lowest BCUT2D eigenvalue weighted by Crippen LogP contribution is -2.31. The normalized spacial score (nSPS) is 11.9. The molecule has 0 aromatic heterocycles. The summed E-state index contributed by atoms with van der Waals surface area (Å²) in [6.45, 7) is 14.3. The number of allylic oxidation sites excluding steroid dienone is 1. The van der Waals surface area contributed by atoms with Crippen LogP contribution in [0.15, 0.2) is 59.7 Å². The summed E-state index contributed by atoms with van der Waals surface area (Å²) in [6, 6.07) is 13.2. The van der Waals surface area contributed by atoms with Gasteiger partial charge in [0, 0.05) is 22.7 Å². The fourth-order valence-electron chi connectivity index (χ4n) is 3.21. The van der Waals surface area contributed by atoms with Gasteiger partial charge in [-0.15, -0.1) is 0 Å². The number of hydrazone groups is 1. The fraction of sp³-hybridized carbons (Fsp3) is 0.407. The number of halogens is 1. The van der Waals surface area contributed by atoms with Gasteiger partial charge in [-0.25, -0.2) is 0 Å². The van der Waals surface area contributed by atoms with Crippen molar-refractivity contribution in [2.24, 2.45) is 11.0 Å². The van der Waals surface area contributed by atoms with Crippen molar-refractivity contribution in [3.05, 3.63) is 76.3 Å². The number of amides is 1. The summed E-state index contributed by atoms with van der Waals surface area (Å²) in [6.07, 6.45) is 3.57. The summed E-state index contributed by atoms with van der Waals surface area (Å²) < 4.78 is 5.90. The Labute approximate surface area is 209 Å². The van der Waals surface area contributed by atoms with Crippen LogP contribution < -0.4 is 15.5 Å². The highest BCUT2D eigenvalue weighted by atomic mass is 35.5. The Bertz CT molecular complexity index is 967. The second-order valence-electron chi connectivity index (χ2n) is 8.40. The summed E-state index contributed by atoms with van der Waals surface area (Å²) in [5.41, 5.74) is 5.68. The van der Waals surface area contributed by atoms with Crippen LogP contribution in [-0.4, -0.2) is 36.3 Å². The Morgan fingerprint density at radius 2 is 1.85 bits per heavy atom. The Hall–Kier alpha value is -2.83. The maximum Gasteiger partial charge on any atom is 0.256 e. The van der Waals surface area contributed by atoms with E-state index in [1.165, 1.54) is 5.56 Å². The van der Waals surface area contributed by atoms with Gasteiger partial charge < -0.3 is 15.5 Å². The number of amidine groups is 1. The minimum absolute atomic E-state index is 0.211. The van der Waals surface area contributed by atoms with Crippen LogP contribution in [-0.2, 0) is 13.1 Å². The number of ether oxygens (including phenoxy) is 1. The highest BCUT2D eigenvalue weighted by Gasteiger charge is 2.10. The fourth-order valence-corrected chi connectivity index (χ4v) is 3.41. The maximum absolute atomic E-state index is 12.8. The summed E-state index contributed by atoms with van der Waals surface area (Å²) in [7, 11) is 0. The van der Waals surface area contributed by atoms with Crippen molar-refractivity contribution in [1.29, 1.82) is 0 Å². The molecule has 184 valence electrons. The van der Waals surface area contributed by atoms with Gasteiger partial charge >= 0.3 is 0 Å². The Morgan fingerprint density at radius 1 is 1.15 bits per heavy atom. The second kappa shape index (κ2) is 14.4. The molecular formula is C27H37ClN4O2. The van der Waals surface area contributed by atoms with E-state index in [4.69, 9.17) is 16.3 Å². The van der Waals surface area contributed by atoms with Crippen molar-refractivity contribution in [3.8, 4) is 5.75 Å². The predicted octanol–water partition coefficient (Wildman–Crippen LogP) is 5.63. The molecule has 0 saturated heterocycles. The lowest BCUT2D eigenvalue weighted by atomic mass is 10.1. The minimum atomic E-state index is -0.211. The third-order valence-corrected chi connectivity index (χ3v) is 5.38. The third kappa shape index (κ3) is 9.20. The van der Waals surface area contributed by atoms with E-state index in [1.807, 2.05) is 55.5 Å². The van der Waals surface area contributed by atoms with Crippen LogP contribution in [0.3, 0.4) is 0 Å². The number of nitrogens with zero attached hydrogens (tertiary/aromatic N) is 2. The highest BCUT2D eigenvalue weighted by Crippen LogP contribution is 2.23. The van der Waals surface area contributed by atoms with Crippen molar-refractivity contribution < 1.29 is 9.53 Å². The van der Waals surface area contributed by atoms with Gasteiger partial charge in [0.25, 0.3) is 5.91 Å². The predicted molar refractivity (Wildman–Crippen MR) is 141 cm³/mol. The van der Waals surface area contributed by atoms with Crippen LogP contribution >= 0.6 is 11.6 Å². The largest absolute Gasteiger partial charge is 0.493 e. The number of nitrogens with one attached hydrogen (secondary N) is 2. The number of carbonyl (C=O) groups is 1. The topological polar surface area (TPSA) is 66.0 Å². The lowest BCUT2D eigenvalue weighted by molar-refractivity contribution is 0.0977. The smallest absolute Gasteiger partial charge is 0.256 e. The van der Waals surface area contributed by atoms with E-state index in [2.05, 4.69) is 48.4 Å². The Balaban J connectivity index is 2.03. The first-order valence-electron chi connectivity index (χ1n) is 11.8. The van der Waals surface area contributed by atoms with E-state index in [1.54, 1.807) is 6.08 Å². The van der Waals surface area contributed by atoms with Gasteiger partial charge in [-0.1, -0.05) is 57.5 Å². The van der Waals surface area contributed by atoms with Crippen LogP contribution in [0, 0.1) is 5.92 Å². The van der Waals surface area contributed by atoms with Gasteiger partial charge in [-0.3, -0.25) is 9.69 Å². The minimum Gasteiger partial charge on any atom is -0.493 e. The molecule has 7 heteroatoms. The van der Waals surface area contributed by atoms with Crippen LogP contribution in [0.1, 0.15) is 56.1 Å². The molecule has 0 bridgehead atoms. The molecule has 0 aliphatic carbocycles. The van der Waals surface area contributed by atoms with E-state index in [9.17, 15) is 4.79 Å². The van der Waals surface area contributed by atoms with Crippen LogP contribution in [0.2, 0.25) is 5.02 Å². The van der Waals surface area contributed by atoms with Gasteiger partial charge in [0.05, 0.1) is 13.2 Å². The zero-order valence-corrected chi connectivity index (χ0v) is 21.7. The van der Waals surface area contributed by atoms with Crippen LogP contribution in [0.25, 0.3) is 0 Å². The average Bonchev–Trinajstić information content (AvgIpc) is 2.82. The van der Waals surface area contributed by atoms with Crippen molar-refractivity contribution >= 4 is 23.3 Å². The van der Waals surface area contributed by atoms with E-state index in [0.717, 1.165) is 30.9 Å². The zero-order chi connectivity index (χ0) is 24.9. The first-order valence-corrected chi connectivity index (χ1v) is 12.2. The molecule has 0 fully saturated rings. The van der Waals surface area contributed by atoms with Gasteiger partial charge in [-0.05, 0) is 67.9 Å². The van der Waals surface area contributed by atoms with Crippen molar-refractivity contribution in [2.45, 2.75) is 47.7 Å². The zero-order valence-electron chi connectivity index (χ0n) is 20.9. The Kier molecular flexibility index (Phi) is 11.6. The summed E-state index contributed by atoms with van der Waals surface area (Å²) >= 11 is 6.17. The SMILES string of the molecule is C/C=C/C(=N\NCc1cc(Cl)ccc1OCC(C)C)NC(=O)c1ccc(CN(CC)CC)cc1. The monoisotopic (exact) mass is 484 g/mol. The summed E-state index contributed by atoms with van der Waals surface area (Å²) in [4.78, 5) is 15.1. The molecule has 0 unspecified atom stereocenters. The molecule has 2 N–H and O–H groups in total. The number of benzene rings is 2. The van der Waals surface area contributed by atoms with Gasteiger partial charge in [0.15, 0.2) is 5.84 Å². The van der Waals surface area contributed by atoms with Gasteiger partial charge in [-0.2, -0.15) is 5.10 Å². The molecule has 2 rings (SSSR count). The lowest BCUT2D eigenvalue weighted by Gasteiger charge is -2.18. The summed E-state index contributed by atoms with van der Waals surface area (Å²) in [5, 5.41) is 7.85. The Morgan fingerprint density at radius 3 is 2.47 bits per heavy atom. The molecule has 0 heterocycles. The van der Waals surface area contributed by atoms with Crippen LogP contribution in [0.4, 0.5) is 0 Å². The molecule has 2 aromatic rings. The average molecular weight is 485 g/mol. The molecule has 0 aliphatic heterocycles. The van der Waals surface area contributed by atoms with Crippen molar-refractivity contribution in [3.63, 3.8) is 0 Å². The van der Waals surface area contributed by atoms with Crippen molar-refractivity contribution in [1.82, 2.24) is 15.6 Å². The van der Waals surface area contributed by atoms with E-state index in [-0.39, 0.29) is 5.91 Å². The molecule has 0 aliphatic rings. The van der Waals surface area contributed by atoms with Gasteiger partial charge in [0.1, 0.15) is 5.75 Å². The molecule has 2 aromatic carbocycles. The maximum atomic E-state index is 12.8. The van der Waals surface area contributed by atoms with E-state index in [0.29, 0.717) is 35.5 Å². The van der Waals surface area contributed by atoms with Gasteiger partial charge in [0.2, 0.25) is 0 Å². The number of hydrogen-bond acceptors (Lipinski definition) is 5. The van der Waals surface area contributed by atoms with Crippen LogP contribution in [0.5, 0.6) is 5.75 Å². The second-order valence-corrected chi connectivity index (χ2v) is 8.84. The molecule has 34 heavy (non-hydrogen) atoms. The number of hydrogen-bond donors (Lipinski definition) is 2. The van der Waals surface area contributed by atoms with E-state index >= 15 is 0 Å². The molecule has 0 saturated carbocycles. The highest BCUT2D eigenvalue weighted by molar-refractivity contribution is 6.30. The molecule has 1 amide bonds. The number of rotatable bonds is 12. The van der Waals surface area contributed by atoms with Crippen molar-refractivity contribution in [2.75, 3.05) is 19.7 Å². The molecule has 0 atom stereocenters. The molecule has 6 nitrogen and oxygen atoms in total. The molecule has 0 spiro atoms. The molecule has 0 radical (unpaired) electrons. The molecular weight excluding hydrogens is 448 g/mol. The quantitative estimate of drug-likeness (QED) is 0.233. The first-order chi connectivity index (χ1) is 16.4. The first kappa shape index (κ1) is 27.4. The number of carbonyl (C=O) groups excluding carboxylic acids is 1. The standard InChI is InChI=1S/C27H37ClN4O2/c1-6-9-26(30-27(33)22-12-10-21(11-13-22)18-32(7-2)8-3)31-29-17-23-16-24(28)14-15-25(23)34-19-20(4)5/h6,9-16,20,29H,7-8,17-19H2,1-5H3,(H,30,31,33)/b9-6+. The van der Waals surface area contributed by atoms with E-state index < -0.39 is 0 Å².